The van der Waals surface area contributed by atoms with E-state index in [1.54, 1.807) is 12.3 Å². The van der Waals surface area contributed by atoms with Crippen molar-refractivity contribution in [2.24, 2.45) is 5.41 Å². The third-order valence-corrected chi connectivity index (χ3v) is 6.58. The van der Waals surface area contributed by atoms with E-state index >= 15 is 0 Å². The van der Waals surface area contributed by atoms with Gasteiger partial charge in [-0.1, -0.05) is 92.5 Å². The van der Waals surface area contributed by atoms with Gasteiger partial charge >= 0.3 is 0 Å². The van der Waals surface area contributed by atoms with Crippen LogP contribution in [0.15, 0.2) is 72.9 Å². The average molecular weight is 448 g/mol. The van der Waals surface area contributed by atoms with Crippen molar-refractivity contribution in [1.29, 1.82) is 0 Å². The molecule has 0 unspecified atom stereocenters. The minimum absolute atomic E-state index is 0.132. The predicted octanol–water partition coefficient (Wildman–Crippen LogP) is 7.95. The number of hydrogen-bond donors (Lipinski definition) is 2. The zero-order valence-corrected chi connectivity index (χ0v) is 19.1. The maximum Gasteiger partial charge on any atom is 0.140 e. The van der Waals surface area contributed by atoms with Crippen LogP contribution < -0.4 is 10.6 Å². The van der Waals surface area contributed by atoms with Gasteiger partial charge in [-0.15, -0.1) is 0 Å². The summed E-state index contributed by atoms with van der Waals surface area (Å²) in [5, 5.41) is 10.9. The maximum atomic E-state index is 6.52. The van der Waals surface area contributed by atoms with Crippen LogP contribution in [0.25, 0.3) is 22.0 Å². The molecule has 31 heavy (non-hydrogen) atoms. The monoisotopic (exact) mass is 447 g/mol. The highest BCUT2D eigenvalue weighted by atomic mass is 35.5. The van der Waals surface area contributed by atoms with E-state index in [9.17, 15) is 0 Å². The second-order valence-corrected chi connectivity index (χ2v) is 9.83. The van der Waals surface area contributed by atoms with Crippen LogP contribution in [0.2, 0.25) is 10.0 Å². The Kier molecular flexibility index (Phi) is 4.65. The lowest BCUT2D eigenvalue weighted by Crippen LogP contribution is -2.50. The van der Waals surface area contributed by atoms with Gasteiger partial charge in [0.1, 0.15) is 5.66 Å². The van der Waals surface area contributed by atoms with Crippen LogP contribution in [0, 0.1) is 5.41 Å². The van der Waals surface area contributed by atoms with E-state index in [0.29, 0.717) is 10.0 Å². The fourth-order valence-corrected chi connectivity index (χ4v) is 4.98. The number of nitrogens with zero attached hydrogens (tertiary/aromatic N) is 1. The molecule has 0 radical (unpaired) electrons. The highest BCUT2D eigenvalue weighted by Gasteiger charge is 2.48. The smallest absolute Gasteiger partial charge is 0.140 e. The Morgan fingerprint density at radius 2 is 1.42 bits per heavy atom. The van der Waals surface area contributed by atoms with Gasteiger partial charge in [0.25, 0.3) is 0 Å². The Labute approximate surface area is 192 Å². The van der Waals surface area contributed by atoms with E-state index in [2.05, 4.69) is 91.0 Å². The molecule has 4 aromatic rings. The number of para-hydroxylation sites is 2. The third kappa shape index (κ3) is 3.15. The second-order valence-electron chi connectivity index (χ2n) is 8.99. The van der Waals surface area contributed by atoms with Gasteiger partial charge in [0.05, 0.1) is 27.1 Å². The van der Waals surface area contributed by atoms with Gasteiger partial charge in [-0.3, -0.25) is 4.98 Å². The molecule has 2 heterocycles. The van der Waals surface area contributed by atoms with Crippen LogP contribution in [0.3, 0.4) is 0 Å². The zero-order chi connectivity index (χ0) is 21.8. The normalized spacial score (nSPS) is 14.7. The zero-order valence-electron chi connectivity index (χ0n) is 17.6. The number of rotatable bonds is 2. The largest absolute Gasteiger partial charge is 0.357 e. The van der Waals surface area contributed by atoms with Crippen LogP contribution in [0.4, 0.5) is 11.4 Å². The minimum atomic E-state index is -0.480. The van der Waals surface area contributed by atoms with Crippen LogP contribution >= 0.6 is 23.2 Å². The molecule has 1 aliphatic heterocycles. The Bertz CT molecular complexity index is 1280. The Morgan fingerprint density at radius 1 is 0.806 bits per heavy atom. The van der Waals surface area contributed by atoms with Gasteiger partial charge in [0.2, 0.25) is 0 Å². The quantitative estimate of drug-likeness (QED) is 0.327. The molecule has 0 amide bonds. The van der Waals surface area contributed by atoms with Crippen LogP contribution in [0.1, 0.15) is 26.3 Å². The van der Waals surface area contributed by atoms with E-state index in [0.717, 1.165) is 33.4 Å². The molecule has 0 aliphatic carbocycles. The maximum absolute atomic E-state index is 6.52. The second kappa shape index (κ2) is 7.15. The molecule has 2 N–H and O–H groups in total. The van der Waals surface area contributed by atoms with Crippen LogP contribution in [0.5, 0.6) is 0 Å². The molecule has 0 bridgehead atoms. The third-order valence-electron chi connectivity index (χ3n) is 6.09. The summed E-state index contributed by atoms with van der Waals surface area (Å²) in [5.41, 5.74) is 4.50. The van der Waals surface area contributed by atoms with Gasteiger partial charge < -0.3 is 10.6 Å². The summed E-state index contributed by atoms with van der Waals surface area (Å²) < 4.78 is 0. The number of hydrogen-bond acceptors (Lipinski definition) is 3. The standard InChI is InChI=1S/C26H23Cl2N3/c1-25(2,3)26(30-22-10-6-7-11-23(22)31-26)20-13-12-19(17-8-4-5-9-18(17)20)24-21(28)14-16(27)15-29-24/h4-15,30-31H,1-3H3. The lowest BCUT2D eigenvalue weighted by molar-refractivity contribution is 0.253. The first-order chi connectivity index (χ1) is 14.8. The van der Waals surface area contributed by atoms with Gasteiger partial charge in [0.15, 0.2) is 0 Å². The fraction of sp³-hybridized carbons (Fsp3) is 0.192. The first kappa shape index (κ1) is 20.2. The lowest BCUT2D eigenvalue weighted by Gasteiger charge is -2.44. The van der Waals surface area contributed by atoms with Crippen LogP contribution in [-0.4, -0.2) is 4.98 Å². The summed E-state index contributed by atoms with van der Waals surface area (Å²) in [7, 11) is 0. The summed E-state index contributed by atoms with van der Waals surface area (Å²) in [6, 6.07) is 22.8. The van der Waals surface area contributed by atoms with Crippen molar-refractivity contribution in [3.05, 3.63) is 88.5 Å². The van der Waals surface area contributed by atoms with E-state index in [-0.39, 0.29) is 5.41 Å². The number of benzene rings is 3. The molecular weight excluding hydrogens is 425 g/mol. The number of nitrogens with one attached hydrogen (secondary N) is 2. The van der Waals surface area contributed by atoms with Crippen molar-refractivity contribution in [1.82, 2.24) is 4.98 Å². The van der Waals surface area contributed by atoms with E-state index < -0.39 is 5.66 Å². The molecule has 3 nitrogen and oxygen atoms in total. The molecule has 5 rings (SSSR count). The van der Waals surface area contributed by atoms with Crippen molar-refractivity contribution in [3.63, 3.8) is 0 Å². The van der Waals surface area contributed by atoms with Gasteiger partial charge in [-0.05, 0) is 29.0 Å². The van der Waals surface area contributed by atoms with Crippen molar-refractivity contribution in [2.45, 2.75) is 26.4 Å². The number of pyridine rings is 1. The summed E-state index contributed by atoms with van der Waals surface area (Å²) in [6.45, 7) is 6.75. The minimum Gasteiger partial charge on any atom is -0.357 e. The molecule has 3 aromatic carbocycles. The first-order valence-electron chi connectivity index (χ1n) is 10.3. The van der Waals surface area contributed by atoms with E-state index in [1.165, 1.54) is 5.56 Å². The van der Waals surface area contributed by atoms with Crippen molar-refractivity contribution in [2.75, 3.05) is 10.6 Å². The summed E-state index contributed by atoms with van der Waals surface area (Å²) in [5.74, 6) is 0. The van der Waals surface area contributed by atoms with Crippen molar-refractivity contribution >= 4 is 45.3 Å². The summed E-state index contributed by atoms with van der Waals surface area (Å²) in [4.78, 5) is 4.53. The Balaban J connectivity index is 1.76. The van der Waals surface area contributed by atoms with E-state index in [4.69, 9.17) is 23.2 Å². The SMILES string of the molecule is CC(C)(C)C1(c2ccc(-c3ncc(Cl)cc3Cl)c3ccccc23)Nc2ccccc2N1. The number of fused-ring (bicyclic) bond motifs is 2. The molecule has 5 heteroatoms. The lowest BCUT2D eigenvalue weighted by atomic mass is 9.74. The van der Waals surface area contributed by atoms with Gasteiger partial charge in [0, 0.05) is 22.7 Å². The average Bonchev–Trinajstić information content (AvgIpc) is 3.14. The number of halogens is 2. The van der Waals surface area contributed by atoms with E-state index in [1.807, 2.05) is 6.07 Å². The fourth-order valence-electron chi connectivity index (χ4n) is 4.50. The number of aromatic nitrogens is 1. The summed E-state index contributed by atoms with van der Waals surface area (Å²) in [6.07, 6.45) is 1.64. The molecular formula is C26H23Cl2N3. The number of anilines is 2. The molecule has 0 saturated carbocycles. The summed E-state index contributed by atoms with van der Waals surface area (Å²) >= 11 is 12.6. The highest BCUT2D eigenvalue weighted by Crippen LogP contribution is 2.51. The highest BCUT2D eigenvalue weighted by molar-refractivity contribution is 6.36. The Hall–Kier alpha value is -2.75. The molecule has 156 valence electrons. The molecule has 0 saturated heterocycles. The van der Waals surface area contributed by atoms with Crippen molar-refractivity contribution < 1.29 is 0 Å². The molecule has 1 aromatic heterocycles. The topological polar surface area (TPSA) is 37.0 Å². The molecule has 0 atom stereocenters. The molecule has 0 fully saturated rings. The van der Waals surface area contributed by atoms with Gasteiger partial charge in [-0.25, -0.2) is 0 Å². The Morgan fingerprint density at radius 3 is 2.03 bits per heavy atom. The molecule has 0 spiro atoms. The van der Waals surface area contributed by atoms with Crippen molar-refractivity contribution in [3.8, 4) is 11.3 Å². The van der Waals surface area contributed by atoms with Crippen LogP contribution in [-0.2, 0) is 5.66 Å². The molecule has 1 aliphatic rings. The predicted molar refractivity (Wildman–Crippen MR) is 132 cm³/mol. The van der Waals surface area contributed by atoms with Gasteiger partial charge in [-0.2, -0.15) is 0 Å². The first-order valence-corrected chi connectivity index (χ1v) is 11.0.